The highest BCUT2D eigenvalue weighted by Gasteiger charge is 2.09. The molecule has 138 valence electrons. The third-order valence-electron chi connectivity index (χ3n) is 3.52. The first kappa shape index (κ1) is 18.5. The van der Waals surface area contributed by atoms with Crippen LogP contribution < -0.4 is 10.1 Å². The van der Waals surface area contributed by atoms with Gasteiger partial charge in [-0.15, -0.1) is 0 Å². The largest absolute Gasteiger partial charge is 0.484 e. The lowest BCUT2D eigenvalue weighted by molar-refractivity contribution is -0.384. The molecule has 0 saturated heterocycles. The first-order valence-electron chi connectivity index (χ1n) is 7.93. The highest BCUT2D eigenvalue weighted by molar-refractivity contribution is 7.99. The number of hydrogen-bond acceptors (Lipinski definition) is 6. The molecule has 0 bridgehead atoms. The number of anilines is 1. The minimum Gasteiger partial charge on any atom is -0.484 e. The van der Waals surface area contributed by atoms with Gasteiger partial charge in [-0.25, -0.2) is 4.98 Å². The van der Waals surface area contributed by atoms with Crippen LogP contribution in [-0.4, -0.2) is 27.0 Å². The quantitative estimate of drug-likeness (QED) is 0.494. The van der Waals surface area contributed by atoms with Crippen molar-refractivity contribution < 1.29 is 14.5 Å². The number of non-ortho nitro benzene ring substituents is 1. The number of nitrogens with one attached hydrogen (secondary N) is 1. The van der Waals surface area contributed by atoms with E-state index >= 15 is 0 Å². The van der Waals surface area contributed by atoms with Crippen molar-refractivity contribution >= 4 is 29.0 Å². The van der Waals surface area contributed by atoms with Gasteiger partial charge in [0.25, 0.3) is 11.6 Å². The van der Waals surface area contributed by atoms with Crippen molar-refractivity contribution in [3.8, 4) is 5.75 Å². The highest BCUT2D eigenvalue weighted by atomic mass is 32.2. The van der Waals surface area contributed by atoms with Crippen LogP contribution in [0.3, 0.4) is 0 Å². The highest BCUT2D eigenvalue weighted by Crippen LogP contribution is 2.26. The summed E-state index contributed by atoms with van der Waals surface area (Å²) in [4.78, 5) is 27.5. The number of hydrogen-bond donors (Lipinski definition) is 1. The second-order valence-corrected chi connectivity index (χ2v) is 6.58. The maximum Gasteiger partial charge on any atom is 0.273 e. The minimum absolute atomic E-state index is 0.0892. The molecule has 0 saturated carbocycles. The molecule has 0 unspecified atom stereocenters. The third-order valence-corrected chi connectivity index (χ3v) is 4.61. The molecule has 0 atom stereocenters. The van der Waals surface area contributed by atoms with Crippen molar-refractivity contribution in [3.05, 3.63) is 71.0 Å². The molecule has 1 heterocycles. The van der Waals surface area contributed by atoms with Crippen molar-refractivity contribution in [1.29, 1.82) is 0 Å². The summed E-state index contributed by atoms with van der Waals surface area (Å²) in [5.41, 5.74) is 0.542. The summed E-state index contributed by atoms with van der Waals surface area (Å²) >= 11 is 1.52. The van der Waals surface area contributed by atoms with E-state index in [2.05, 4.69) is 10.3 Å². The van der Waals surface area contributed by atoms with Crippen LogP contribution in [0.15, 0.2) is 71.0 Å². The SMILES string of the molecule is Cn1ccnc1Sc1ccc(NC(=O)COc2cccc([N+](=O)[O-])c2)cc1. The molecule has 0 radical (unpaired) electrons. The average molecular weight is 384 g/mol. The predicted octanol–water partition coefficient (Wildman–Crippen LogP) is 3.50. The Kier molecular flexibility index (Phi) is 5.72. The van der Waals surface area contributed by atoms with E-state index in [9.17, 15) is 14.9 Å². The number of nitro benzene ring substituents is 1. The van der Waals surface area contributed by atoms with Crippen LogP contribution in [0.4, 0.5) is 11.4 Å². The molecule has 8 nitrogen and oxygen atoms in total. The lowest BCUT2D eigenvalue weighted by Crippen LogP contribution is -2.20. The van der Waals surface area contributed by atoms with Crippen molar-refractivity contribution in [2.24, 2.45) is 7.05 Å². The van der Waals surface area contributed by atoms with Crippen LogP contribution in [0.1, 0.15) is 0 Å². The molecule has 0 spiro atoms. The van der Waals surface area contributed by atoms with Gasteiger partial charge in [-0.3, -0.25) is 14.9 Å². The summed E-state index contributed by atoms with van der Waals surface area (Å²) in [6.07, 6.45) is 3.61. The summed E-state index contributed by atoms with van der Waals surface area (Å²) in [5, 5.41) is 14.3. The van der Waals surface area contributed by atoms with E-state index in [0.717, 1.165) is 10.1 Å². The summed E-state index contributed by atoms with van der Waals surface area (Å²) in [6.45, 7) is -0.245. The number of nitro groups is 1. The molecule has 0 aliphatic heterocycles. The fourth-order valence-electron chi connectivity index (χ4n) is 2.19. The molecule has 9 heteroatoms. The van der Waals surface area contributed by atoms with E-state index in [1.54, 1.807) is 24.4 Å². The van der Waals surface area contributed by atoms with E-state index in [-0.39, 0.29) is 24.0 Å². The van der Waals surface area contributed by atoms with Crippen LogP contribution in [0.5, 0.6) is 5.75 Å². The van der Waals surface area contributed by atoms with Gasteiger partial charge in [0.1, 0.15) is 5.75 Å². The fraction of sp³-hybridized carbons (Fsp3) is 0.111. The molecule has 1 N–H and O–H groups in total. The van der Waals surface area contributed by atoms with Gasteiger partial charge in [-0.2, -0.15) is 0 Å². The van der Waals surface area contributed by atoms with E-state index in [1.807, 2.05) is 29.9 Å². The van der Waals surface area contributed by atoms with Gasteiger partial charge in [0.05, 0.1) is 11.0 Å². The Morgan fingerprint density at radius 1 is 1.30 bits per heavy atom. The van der Waals surface area contributed by atoms with Gasteiger partial charge in [-0.05, 0) is 30.3 Å². The van der Waals surface area contributed by atoms with E-state index in [1.165, 1.54) is 30.0 Å². The standard InChI is InChI=1S/C18H16N4O4S/c1-21-10-9-19-18(21)27-16-7-5-13(6-8-16)20-17(23)12-26-15-4-2-3-14(11-15)22(24)25/h2-11H,12H2,1H3,(H,20,23). The Morgan fingerprint density at radius 3 is 2.74 bits per heavy atom. The zero-order chi connectivity index (χ0) is 19.2. The number of rotatable bonds is 7. The van der Waals surface area contributed by atoms with Crippen LogP contribution in [0, 0.1) is 10.1 Å². The van der Waals surface area contributed by atoms with Gasteiger partial charge in [0, 0.05) is 36.1 Å². The summed E-state index contributed by atoms with van der Waals surface area (Å²) in [5.74, 6) is -0.0906. The molecule has 1 aromatic heterocycles. The molecular weight excluding hydrogens is 368 g/mol. The van der Waals surface area contributed by atoms with Gasteiger partial charge >= 0.3 is 0 Å². The van der Waals surface area contributed by atoms with Crippen molar-refractivity contribution in [3.63, 3.8) is 0 Å². The van der Waals surface area contributed by atoms with Gasteiger partial charge in [0.2, 0.25) is 0 Å². The Bertz CT molecular complexity index is 956. The van der Waals surface area contributed by atoms with E-state index in [0.29, 0.717) is 5.69 Å². The molecule has 1 amide bonds. The predicted molar refractivity (Wildman–Crippen MR) is 101 cm³/mol. The van der Waals surface area contributed by atoms with Crippen molar-refractivity contribution in [2.75, 3.05) is 11.9 Å². The van der Waals surface area contributed by atoms with E-state index in [4.69, 9.17) is 4.74 Å². The maximum atomic E-state index is 12.0. The van der Waals surface area contributed by atoms with Crippen molar-refractivity contribution in [2.45, 2.75) is 10.1 Å². The van der Waals surface area contributed by atoms with E-state index < -0.39 is 4.92 Å². The average Bonchev–Trinajstić information content (AvgIpc) is 3.06. The molecule has 0 aliphatic rings. The Labute approximate surface area is 159 Å². The second kappa shape index (κ2) is 8.37. The Hall–Kier alpha value is -3.33. The first-order chi connectivity index (χ1) is 13.0. The van der Waals surface area contributed by atoms with Crippen LogP contribution in [0.25, 0.3) is 0 Å². The smallest absolute Gasteiger partial charge is 0.273 e. The zero-order valence-electron chi connectivity index (χ0n) is 14.4. The molecule has 27 heavy (non-hydrogen) atoms. The first-order valence-corrected chi connectivity index (χ1v) is 8.75. The number of nitrogens with zero attached hydrogens (tertiary/aromatic N) is 3. The van der Waals surface area contributed by atoms with Gasteiger partial charge in [0.15, 0.2) is 11.8 Å². The molecule has 3 rings (SSSR count). The van der Waals surface area contributed by atoms with Gasteiger partial charge in [-0.1, -0.05) is 17.8 Å². The maximum absolute atomic E-state index is 12.0. The number of aryl methyl sites for hydroxylation is 1. The Balaban J connectivity index is 1.52. The second-order valence-electron chi connectivity index (χ2n) is 5.54. The number of imidazole rings is 1. The molecule has 0 aliphatic carbocycles. The number of carbonyl (C=O) groups excluding carboxylic acids is 1. The molecule has 0 fully saturated rings. The Morgan fingerprint density at radius 2 is 2.07 bits per heavy atom. The summed E-state index contributed by atoms with van der Waals surface area (Å²) in [7, 11) is 1.92. The zero-order valence-corrected chi connectivity index (χ0v) is 15.2. The monoisotopic (exact) mass is 384 g/mol. The van der Waals surface area contributed by atoms with Crippen LogP contribution in [-0.2, 0) is 11.8 Å². The number of amides is 1. The summed E-state index contributed by atoms with van der Waals surface area (Å²) in [6, 6.07) is 13.0. The molecular formula is C18H16N4O4S. The lowest BCUT2D eigenvalue weighted by Gasteiger charge is -2.08. The lowest BCUT2D eigenvalue weighted by atomic mass is 10.3. The number of aromatic nitrogens is 2. The topological polar surface area (TPSA) is 99.3 Å². The minimum atomic E-state index is -0.516. The number of benzene rings is 2. The fourth-order valence-corrected chi connectivity index (χ4v) is 3.00. The number of ether oxygens (including phenoxy) is 1. The van der Waals surface area contributed by atoms with Crippen LogP contribution in [0.2, 0.25) is 0 Å². The number of carbonyl (C=O) groups is 1. The third kappa shape index (κ3) is 5.08. The normalized spacial score (nSPS) is 10.4. The van der Waals surface area contributed by atoms with Crippen LogP contribution >= 0.6 is 11.8 Å². The molecule has 2 aromatic carbocycles. The van der Waals surface area contributed by atoms with Gasteiger partial charge < -0.3 is 14.6 Å². The summed E-state index contributed by atoms with van der Waals surface area (Å²) < 4.78 is 7.23. The molecule has 3 aromatic rings. The van der Waals surface area contributed by atoms with Crippen molar-refractivity contribution in [1.82, 2.24) is 9.55 Å².